The lowest BCUT2D eigenvalue weighted by Crippen LogP contribution is -2.38. The second-order valence-corrected chi connectivity index (χ2v) is 6.55. The maximum Gasteiger partial charge on any atom is 0.203 e. The smallest absolute Gasteiger partial charge is 0.203 e. The monoisotopic (exact) mass is 548 g/mol. The largest absolute Gasteiger partial charge is 0.493 e. The van der Waals surface area contributed by atoms with Gasteiger partial charge in [0.15, 0.2) is 23.3 Å². The maximum absolute atomic E-state index is 5.42. The van der Waals surface area contributed by atoms with E-state index in [2.05, 4.69) is 20.8 Å². The Hall–Kier alpha value is -2.28. The van der Waals surface area contributed by atoms with Gasteiger partial charge in [-0.2, -0.15) is 0 Å². The highest BCUT2D eigenvalue weighted by molar-refractivity contribution is 14.0. The molecule has 0 aliphatic rings. The Labute approximate surface area is 200 Å². The number of nitrogens with one attached hydrogen (secondary N) is 2. The van der Waals surface area contributed by atoms with Crippen LogP contribution in [-0.4, -0.2) is 62.3 Å². The summed E-state index contributed by atoms with van der Waals surface area (Å²) in [7, 11) is 8.40. The van der Waals surface area contributed by atoms with Crippen molar-refractivity contribution in [3.05, 3.63) is 29.3 Å². The van der Waals surface area contributed by atoms with Gasteiger partial charge in [-0.15, -0.1) is 34.2 Å². The van der Waals surface area contributed by atoms with Gasteiger partial charge in [-0.25, -0.2) is 4.99 Å². The quantitative estimate of drug-likeness (QED) is 0.190. The highest BCUT2D eigenvalue weighted by Crippen LogP contribution is 2.38. The zero-order valence-electron chi connectivity index (χ0n) is 19.0. The van der Waals surface area contributed by atoms with Crippen LogP contribution >= 0.6 is 24.0 Å². The molecule has 1 aromatic carbocycles. The number of aliphatic imine (C=N–C) groups is 1. The number of guanidine groups is 1. The molecule has 0 aliphatic heterocycles. The van der Waals surface area contributed by atoms with Crippen molar-refractivity contribution in [2.75, 3.05) is 41.6 Å². The SMILES string of the molecule is COCCCNC(=NCc1cc(OC)c(OC)c(OC)c1)NCc1nnc(C)n1C.I. The van der Waals surface area contributed by atoms with Crippen molar-refractivity contribution < 1.29 is 18.9 Å². The highest BCUT2D eigenvalue weighted by Gasteiger charge is 2.13. The van der Waals surface area contributed by atoms with Crippen LogP contribution in [0.5, 0.6) is 17.2 Å². The fraction of sp³-hybridized carbons (Fsp3) is 0.550. The van der Waals surface area contributed by atoms with E-state index in [0.29, 0.717) is 42.9 Å². The van der Waals surface area contributed by atoms with Crippen LogP contribution in [0.15, 0.2) is 17.1 Å². The van der Waals surface area contributed by atoms with Gasteiger partial charge in [0.25, 0.3) is 0 Å². The Kier molecular flexibility index (Phi) is 12.0. The molecule has 0 fully saturated rings. The van der Waals surface area contributed by atoms with Crippen molar-refractivity contribution in [3.8, 4) is 17.2 Å². The molecule has 1 aromatic heterocycles. The molecular weight excluding hydrogens is 515 g/mol. The van der Waals surface area contributed by atoms with Gasteiger partial charge in [-0.05, 0) is 31.0 Å². The van der Waals surface area contributed by atoms with E-state index in [4.69, 9.17) is 23.9 Å². The van der Waals surface area contributed by atoms with Crippen molar-refractivity contribution in [2.45, 2.75) is 26.4 Å². The fourth-order valence-corrected chi connectivity index (χ4v) is 2.76. The first-order valence-corrected chi connectivity index (χ1v) is 9.68. The molecule has 0 amide bonds. The van der Waals surface area contributed by atoms with E-state index in [1.807, 2.05) is 30.7 Å². The van der Waals surface area contributed by atoms with E-state index in [-0.39, 0.29) is 24.0 Å². The Balaban J connectivity index is 0.00000480. The summed E-state index contributed by atoms with van der Waals surface area (Å²) in [4.78, 5) is 4.69. The molecule has 0 spiro atoms. The lowest BCUT2D eigenvalue weighted by Gasteiger charge is -2.15. The van der Waals surface area contributed by atoms with E-state index < -0.39 is 0 Å². The van der Waals surface area contributed by atoms with Crippen LogP contribution in [0.4, 0.5) is 0 Å². The van der Waals surface area contributed by atoms with Crippen LogP contribution < -0.4 is 24.8 Å². The number of methoxy groups -OCH3 is 4. The van der Waals surface area contributed by atoms with Gasteiger partial charge in [-0.1, -0.05) is 0 Å². The van der Waals surface area contributed by atoms with Crippen LogP contribution in [0, 0.1) is 6.92 Å². The summed E-state index contributed by atoms with van der Waals surface area (Å²) in [6.07, 6.45) is 0.866. The maximum atomic E-state index is 5.42. The number of benzene rings is 1. The number of ether oxygens (including phenoxy) is 4. The molecule has 174 valence electrons. The summed E-state index contributed by atoms with van der Waals surface area (Å²) in [5.41, 5.74) is 0.928. The van der Waals surface area contributed by atoms with Gasteiger partial charge < -0.3 is 34.1 Å². The third kappa shape index (κ3) is 7.73. The number of aromatic nitrogens is 3. The topological polar surface area (TPSA) is 104 Å². The summed E-state index contributed by atoms with van der Waals surface area (Å²) in [6.45, 7) is 4.25. The number of aryl methyl sites for hydroxylation is 1. The molecule has 1 heterocycles. The Morgan fingerprint density at radius 3 is 2.23 bits per heavy atom. The van der Waals surface area contributed by atoms with Crippen molar-refractivity contribution in [2.24, 2.45) is 12.0 Å². The van der Waals surface area contributed by atoms with Crippen molar-refractivity contribution in [1.29, 1.82) is 0 Å². The van der Waals surface area contributed by atoms with Gasteiger partial charge in [-0.3, -0.25) is 0 Å². The first kappa shape index (κ1) is 26.8. The zero-order valence-corrected chi connectivity index (χ0v) is 21.4. The summed E-state index contributed by atoms with van der Waals surface area (Å²) in [5, 5.41) is 14.9. The van der Waals surface area contributed by atoms with Gasteiger partial charge in [0.1, 0.15) is 5.82 Å². The normalized spacial score (nSPS) is 11.0. The van der Waals surface area contributed by atoms with Gasteiger partial charge in [0.05, 0.1) is 34.4 Å². The molecule has 31 heavy (non-hydrogen) atoms. The second-order valence-electron chi connectivity index (χ2n) is 6.55. The molecule has 0 unspecified atom stereocenters. The van der Waals surface area contributed by atoms with Gasteiger partial charge >= 0.3 is 0 Å². The standard InChI is InChI=1S/C20H32N6O4.HI/c1-14-24-25-18(26(14)2)13-23-20(21-8-7-9-27-3)22-12-15-10-16(28-4)19(30-6)17(11-15)29-5;/h10-11H,7-9,12-13H2,1-6H3,(H2,21,22,23);1H. The van der Waals surface area contributed by atoms with E-state index in [1.54, 1.807) is 28.4 Å². The van der Waals surface area contributed by atoms with Crippen molar-refractivity contribution in [3.63, 3.8) is 0 Å². The van der Waals surface area contributed by atoms with Crippen LogP contribution in [0.25, 0.3) is 0 Å². The molecular formula is C20H33IN6O4. The molecule has 2 aromatic rings. The summed E-state index contributed by atoms with van der Waals surface area (Å²) in [5.74, 6) is 4.10. The lowest BCUT2D eigenvalue weighted by atomic mass is 10.2. The van der Waals surface area contributed by atoms with Gasteiger partial charge in [0, 0.05) is 27.3 Å². The van der Waals surface area contributed by atoms with E-state index >= 15 is 0 Å². The summed E-state index contributed by atoms with van der Waals surface area (Å²) >= 11 is 0. The third-order valence-corrected chi connectivity index (χ3v) is 4.56. The van der Waals surface area contributed by atoms with Crippen LogP contribution in [0.1, 0.15) is 23.6 Å². The van der Waals surface area contributed by atoms with E-state index in [1.165, 1.54) is 0 Å². The predicted octanol–water partition coefficient (Wildman–Crippen LogP) is 2.04. The van der Waals surface area contributed by atoms with Crippen molar-refractivity contribution >= 4 is 29.9 Å². The van der Waals surface area contributed by atoms with Crippen LogP contribution in [0.2, 0.25) is 0 Å². The Morgan fingerprint density at radius 1 is 1.03 bits per heavy atom. The fourth-order valence-electron chi connectivity index (χ4n) is 2.76. The highest BCUT2D eigenvalue weighted by atomic mass is 127. The second kappa shape index (κ2) is 13.9. The molecule has 2 rings (SSSR count). The molecule has 0 atom stereocenters. The molecule has 0 aliphatic carbocycles. The summed E-state index contributed by atoms with van der Waals surface area (Å²) in [6, 6.07) is 3.78. The molecule has 0 saturated heterocycles. The number of halogens is 1. The molecule has 0 radical (unpaired) electrons. The third-order valence-electron chi connectivity index (χ3n) is 4.56. The first-order valence-electron chi connectivity index (χ1n) is 9.68. The lowest BCUT2D eigenvalue weighted by molar-refractivity contribution is 0.195. The predicted molar refractivity (Wildman–Crippen MR) is 130 cm³/mol. The molecule has 0 saturated carbocycles. The number of nitrogens with zero attached hydrogens (tertiary/aromatic N) is 4. The minimum absolute atomic E-state index is 0. The van der Waals surface area contributed by atoms with Crippen LogP contribution in [0.3, 0.4) is 0 Å². The van der Waals surface area contributed by atoms with E-state index in [9.17, 15) is 0 Å². The minimum atomic E-state index is 0. The van der Waals surface area contributed by atoms with Gasteiger partial charge in [0.2, 0.25) is 5.75 Å². The average molecular weight is 548 g/mol. The first-order chi connectivity index (χ1) is 14.5. The van der Waals surface area contributed by atoms with Crippen LogP contribution in [-0.2, 0) is 24.9 Å². The Bertz CT molecular complexity index is 818. The number of hydrogen-bond acceptors (Lipinski definition) is 7. The summed E-state index contributed by atoms with van der Waals surface area (Å²) < 4.78 is 23.3. The Morgan fingerprint density at radius 2 is 1.71 bits per heavy atom. The minimum Gasteiger partial charge on any atom is -0.493 e. The molecule has 11 heteroatoms. The number of rotatable bonds is 11. The van der Waals surface area contributed by atoms with Crippen molar-refractivity contribution in [1.82, 2.24) is 25.4 Å². The molecule has 2 N–H and O–H groups in total. The molecule has 0 bridgehead atoms. The zero-order chi connectivity index (χ0) is 21.9. The average Bonchev–Trinajstić information content (AvgIpc) is 3.09. The van der Waals surface area contributed by atoms with E-state index in [0.717, 1.165) is 30.2 Å². The number of hydrogen-bond donors (Lipinski definition) is 2. The molecule has 10 nitrogen and oxygen atoms in total.